The maximum absolute atomic E-state index is 13.0. The zero-order valence-electron chi connectivity index (χ0n) is 14.0. The monoisotopic (exact) mass is 401 g/mol. The molecule has 0 saturated heterocycles. The first-order chi connectivity index (χ1) is 13.1. The van der Waals surface area contributed by atoms with Crippen molar-refractivity contribution in [2.45, 2.75) is 13.1 Å². The van der Waals surface area contributed by atoms with Gasteiger partial charge in [0.2, 0.25) is 0 Å². The van der Waals surface area contributed by atoms with E-state index in [0.29, 0.717) is 40.5 Å². The Bertz CT molecular complexity index is 1030. The predicted octanol–water partition coefficient (Wildman–Crippen LogP) is 4.88. The Kier molecular flexibility index (Phi) is 4.92. The van der Waals surface area contributed by atoms with Crippen LogP contribution < -0.4 is 5.32 Å². The highest BCUT2D eigenvalue weighted by atomic mass is 35.5. The number of halogens is 3. The van der Waals surface area contributed by atoms with Gasteiger partial charge in [0.25, 0.3) is 0 Å². The van der Waals surface area contributed by atoms with Gasteiger partial charge in [-0.25, -0.2) is 19.3 Å². The molecule has 0 amide bonds. The Morgan fingerprint density at radius 2 is 1.70 bits per heavy atom. The average molecular weight is 402 g/mol. The number of anilines is 1. The Hall–Kier alpha value is -2.70. The Labute approximate surface area is 165 Å². The molecule has 5 nitrogen and oxygen atoms in total. The van der Waals surface area contributed by atoms with E-state index >= 15 is 0 Å². The van der Waals surface area contributed by atoms with Gasteiger partial charge in [0.15, 0.2) is 17.3 Å². The highest BCUT2D eigenvalue weighted by Crippen LogP contribution is 2.29. The molecule has 0 radical (unpaired) electrons. The summed E-state index contributed by atoms with van der Waals surface area (Å²) >= 11 is 12.5. The first kappa shape index (κ1) is 17.7. The van der Waals surface area contributed by atoms with Crippen molar-refractivity contribution in [2.24, 2.45) is 0 Å². The summed E-state index contributed by atoms with van der Waals surface area (Å²) in [5, 5.41) is 4.39. The van der Waals surface area contributed by atoms with Crippen molar-refractivity contribution in [3.63, 3.8) is 0 Å². The van der Waals surface area contributed by atoms with Gasteiger partial charge in [0, 0.05) is 22.2 Å². The molecule has 136 valence electrons. The average Bonchev–Trinajstić information content (AvgIpc) is 3.15. The summed E-state index contributed by atoms with van der Waals surface area (Å²) in [7, 11) is 0. The molecule has 8 heteroatoms. The van der Waals surface area contributed by atoms with Gasteiger partial charge in [-0.15, -0.1) is 0 Å². The minimum absolute atomic E-state index is 0.264. The summed E-state index contributed by atoms with van der Waals surface area (Å²) in [5.74, 6) is 1.01. The lowest BCUT2D eigenvalue weighted by Crippen LogP contribution is -2.11. The van der Waals surface area contributed by atoms with Gasteiger partial charge >= 0.3 is 0 Å². The van der Waals surface area contributed by atoms with Gasteiger partial charge in [-0.2, -0.15) is 0 Å². The van der Waals surface area contributed by atoms with E-state index in [-0.39, 0.29) is 5.82 Å². The number of nitrogens with zero attached hydrogens (tertiary/aromatic N) is 4. The van der Waals surface area contributed by atoms with Gasteiger partial charge in [0.05, 0.1) is 12.9 Å². The molecule has 2 aliphatic rings. The van der Waals surface area contributed by atoms with Crippen LogP contribution in [0.15, 0.2) is 55.1 Å². The van der Waals surface area contributed by atoms with E-state index in [1.807, 2.05) is 4.57 Å². The maximum atomic E-state index is 13.0. The van der Waals surface area contributed by atoms with Gasteiger partial charge < -0.3 is 9.88 Å². The van der Waals surface area contributed by atoms with Crippen LogP contribution in [-0.4, -0.2) is 19.5 Å². The molecule has 0 unspecified atom stereocenters. The molecule has 1 N–H and O–H groups in total. The molecule has 0 saturated carbocycles. The molecule has 0 spiro atoms. The first-order valence-corrected chi connectivity index (χ1v) is 8.94. The minimum Gasteiger partial charge on any atom is -0.364 e. The molecule has 0 bridgehead atoms. The molecule has 2 heterocycles. The van der Waals surface area contributed by atoms with E-state index < -0.39 is 0 Å². The van der Waals surface area contributed by atoms with Gasteiger partial charge in [-0.05, 0) is 29.8 Å². The summed E-state index contributed by atoms with van der Waals surface area (Å²) in [6, 6.07) is 11.7. The molecule has 2 aromatic carbocycles. The number of hydrogen-bond acceptors (Lipinski definition) is 4. The predicted molar refractivity (Wildman–Crippen MR) is 104 cm³/mol. The number of fused-ring (bicyclic) bond motifs is 1. The zero-order chi connectivity index (χ0) is 18.8. The normalized spacial score (nSPS) is 11.1. The third kappa shape index (κ3) is 3.72. The second kappa shape index (κ2) is 7.50. The van der Waals surface area contributed by atoms with Crippen LogP contribution in [-0.2, 0) is 13.1 Å². The SMILES string of the molecule is Fc1ccc(CNc2ncn(Cc3c(Cl)cccc3Cl)c3ncnc2-3)cc1. The van der Waals surface area contributed by atoms with Crippen molar-refractivity contribution >= 4 is 29.0 Å². The fourth-order valence-electron chi connectivity index (χ4n) is 2.77. The first-order valence-electron chi connectivity index (χ1n) is 8.19. The van der Waals surface area contributed by atoms with Crippen molar-refractivity contribution in [2.75, 3.05) is 5.32 Å². The number of hydrogen-bond donors (Lipinski definition) is 1. The second-order valence-electron chi connectivity index (χ2n) is 5.95. The maximum Gasteiger partial charge on any atom is 0.165 e. The molecule has 0 fully saturated rings. The molecular formula is C19H14Cl2FN5. The summed E-state index contributed by atoms with van der Waals surface area (Å²) < 4.78 is 14.9. The van der Waals surface area contributed by atoms with E-state index in [1.165, 1.54) is 18.5 Å². The van der Waals surface area contributed by atoms with Crippen molar-refractivity contribution in [1.82, 2.24) is 19.5 Å². The summed E-state index contributed by atoms with van der Waals surface area (Å²) in [6.45, 7) is 0.925. The number of imidazole rings is 1. The Balaban J connectivity index is 1.59. The molecule has 0 aliphatic carbocycles. The number of aromatic nitrogens is 4. The quantitative estimate of drug-likeness (QED) is 0.517. The molecule has 0 aromatic heterocycles. The second-order valence-corrected chi connectivity index (χ2v) is 6.76. The molecule has 4 rings (SSSR count). The zero-order valence-corrected chi connectivity index (χ0v) is 15.5. The lowest BCUT2D eigenvalue weighted by atomic mass is 10.2. The lowest BCUT2D eigenvalue weighted by Gasteiger charge is -2.15. The number of rotatable bonds is 5. The smallest absolute Gasteiger partial charge is 0.165 e. The van der Waals surface area contributed by atoms with Crippen LogP contribution in [0.3, 0.4) is 0 Å². The van der Waals surface area contributed by atoms with E-state index in [9.17, 15) is 4.39 Å². The third-order valence-corrected chi connectivity index (χ3v) is 4.87. The van der Waals surface area contributed by atoms with Gasteiger partial charge in [-0.3, -0.25) is 0 Å². The highest BCUT2D eigenvalue weighted by molar-refractivity contribution is 6.35. The Morgan fingerprint density at radius 1 is 0.963 bits per heavy atom. The summed E-state index contributed by atoms with van der Waals surface area (Å²) in [4.78, 5) is 13.1. The van der Waals surface area contributed by atoms with Crippen LogP contribution in [0.4, 0.5) is 10.2 Å². The van der Waals surface area contributed by atoms with Gasteiger partial charge in [0.1, 0.15) is 12.1 Å². The van der Waals surface area contributed by atoms with Crippen LogP contribution >= 0.6 is 23.2 Å². The van der Waals surface area contributed by atoms with E-state index in [0.717, 1.165) is 11.1 Å². The van der Waals surface area contributed by atoms with Crippen LogP contribution in [0.2, 0.25) is 10.0 Å². The molecule has 27 heavy (non-hydrogen) atoms. The molecule has 0 atom stereocenters. The van der Waals surface area contributed by atoms with E-state index in [4.69, 9.17) is 23.2 Å². The minimum atomic E-state index is -0.264. The van der Waals surface area contributed by atoms with Gasteiger partial charge in [-0.1, -0.05) is 41.4 Å². The Morgan fingerprint density at radius 3 is 2.44 bits per heavy atom. The highest BCUT2D eigenvalue weighted by Gasteiger charge is 2.18. The number of benzene rings is 2. The third-order valence-electron chi connectivity index (χ3n) is 4.16. The van der Waals surface area contributed by atoms with Crippen molar-refractivity contribution < 1.29 is 4.39 Å². The standard InChI is InChI=1S/C19H14Cl2FN5/c20-15-2-1-3-16(21)14(15)9-27-11-26-18(17-19(27)25-10-24-17)23-8-12-4-6-13(22)7-5-12/h1-7,10-11,23H,8-9H2. The molecule has 2 aromatic rings. The van der Waals surface area contributed by atoms with Crippen LogP contribution in [0, 0.1) is 5.82 Å². The lowest BCUT2D eigenvalue weighted by molar-refractivity contribution is 0.627. The van der Waals surface area contributed by atoms with Crippen molar-refractivity contribution in [3.05, 3.63) is 82.1 Å². The topological polar surface area (TPSA) is 55.6 Å². The van der Waals surface area contributed by atoms with Crippen LogP contribution in [0.1, 0.15) is 11.1 Å². The molecular weight excluding hydrogens is 388 g/mol. The van der Waals surface area contributed by atoms with Crippen LogP contribution in [0.25, 0.3) is 11.5 Å². The summed E-state index contributed by atoms with van der Waals surface area (Å²) in [5.41, 5.74) is 2.37. The molecule has 2 aliphatic heterocycles. The fraction of sp³-hybridized carbons (Fsp3) is 0.105. The number of nitrogens with one attached hydrogen (secondary N) is 1. The summed E-state index contributed by atoms with van der Waals surface area (Å²) in [6.07, 6.45) is 3.16. The largest absolute Gasteiger partial charge is 0.364 e. The van der Waals surface area contributed by atoms with Crippen molar-refractivity contribution in [1.29, 1.82) is 0 Å². The van der Waals surface area contributed by atoms with E-state index in [2.05, 4.69) is 20.3 Å². The van der Waals surface area contributed by atoms with Crippen molar-refractivity contribution in [3.8, 4) is 11.5 Å². The van der Waals surface area contributed by atoms with E-state index in [1.54, 1.807) is 36.7 Å². The fourth-order valence-corrected chi connectivity index (χ4v) is 3.28. The van der Waals surface area contributed by atoms with Crippen LogP contribution in [0.5, 0.6) is 0 Å².